The molecule has 0 aliphatic carbocycles. The number of carbonyl (C=O) groups excluding carboxylic acids is 2. The number of nitrogens with zero attached hydrogens (tertiary/aromatic N) is 1. The molecule has 1 rings (SSSR count). The highest BCUT2D eigenvalue weighted by Crippen LogP contribution is 2.19. The Labute approximate surface area is 121 Å². The van der Waals surface area contributed by atoms with Gasteiger partial charge in [0.15, 0.2) is 6.61 Å². The molecule has 0 saturated heterocycles. The topological polar surface area (TPSA) is 108 Å². The number of carbonyl (C=O) groups is 2. The van der Waals surface area contributed by atoms with E-state index in [0.29, 0.717) is 18.7 Å². The number of nitrogens with one attached hydrogen (secondary N) is 1. The molecule has 0 radical (unpaired) electrons. The minimum absolute atomic E-state index is 0.0798. The molecule has 0 atom stereocenters. The van der Waals surface area contributed by atoms with E-state index in [1.807, 2.05) is 0 Å². The summed E-state index contributed by atoms with van der Waals surface area (Å²) in [6.07, 6.45) is 0. The van der Waals surface area contributed by atoms with Gasteiger partial charge in [0.1, 0.15) is 0 Å². The van der Waals surface area contributed by atoms with Gasteiger partial charge in [0, 0.05) is 25.3 Å². The number of nitro benzene ring substituents is 1. The second-order valence-corrected chi connectivity index (χ2v) is 4.18. The van der Waals surface area contributed by atoms with Gasteiger partial charge in [0.05, 0.1) is 17.1 Å². The molecule has 0 spiro atoms. The third-order valence-corrected chi connectivity index (χ3v) is 2.59. The molecule has 0 saturated carbocycles. The molecular formula is C13H16N2O6. The van der Waals surface area contributed by atoms with Crippen LogP contribution in [0.5, 0.6) is 0 Å². The second-order valence-electron chi connectivity index (χ2n) is 4.18. The summed E-state index contributed by atoms with van der Waals surface area (Å²) in [7, 11) is 1.50. The molecule has 8 nitrogen and oxygen atoms in total. The van der Waals surface area contributed by atoms with Crippen LogP contribution < -0.4 is 5.32 Å². The number of hydrogen-bond acceptors (Lipinski definition) is 6. The molecule has 0 unspecified atom stereocenters. The number of hydrogen-bond donors (Lipinski definition) is 1. The summed E-state index contributed by atoms with van der Waals surface area (Å²) < 4.78 is 9.57. The van der Waals surface area contributed by atoms with Crippen LogP contribution in [0.1, 0.15) is 15.9 Å². The second kappa shape index (κ2) is 7.95. The zero-order valence-corrected chi connectivity index (χ0v) is 11.8. The van der Waals surface area contributed by atoms with Crippen LogP contribution in [0.2, 0.25) is 0 Å². The van der Waals surface area contributed by atoms with Gasteiger partial charge < -0.3 is 14.8 Å². The summed E-state index contributed by atoms with van der Waals surface area (Å²) in [5.74, 6) is -1.16. The van der Waals surface area contributed by atoms with Crippen molar-refractivity contribution in [3.8, 4) is 0 Å². The van der Waals surface area contributed by atoms with Crippen LogP contribution in [-0.4, -0.2) is 43.7 Å². The third kappa shape index (κ3) is 5.19. The van der Waals surface area contributed by atoms with E-state index >= 15 is 0 Å². The first-order valence-electron chi connectivity index (χ1n) is 6.13. The molecule has 1 amide bonds. The summed E-state index contributed by atoms with van der Waals surface area (Å²) in [5, 5.41) is 13.2. The van der Waals surface area contributed by atoms with Crippen LogP contribution in [-0.2, 0) is 14.3 Å². The van der Waals surface area contributed by atoms with Crippen molar-refractivity contribution in [1.82, 2.24) is 5.32 Å². The molecule has 21 heavy (non-hydrogen) atoms. The lowest BCUT2D eigenvalue weighted by atomic mass is 10.1. The lowest BCUT2D eigenvalue weighted by Crippen LogP contribution is -2.31. The molecule has 114 valence electrons. The van der Waals surface area contributed by atoms with Gasteiger partial charge in [0.2, 0.25) is 0 Å². The predicted molar refractivity (Wildman–Crippen MR) is 73.0 cm³/mol. The van der Waals surface area contributed by atoms with Gasteiger partial charge in [-0.3, -0.25) is 14.9 Å². The summed E-state index contributed by atoms with van der Waals surface area (Å²) in [6.45, 7) is 1.79. The van der Waals surface area contributed by atoms with Crippen molar-refractivity contribution >= 4 is 17.6 Å². The van der Waals surface area contributed by atoms with E-state index in [-0.39, 0.29) is 11.3 Å². The van der Waals surface area contributed by atoms with Gasteiger partial charge in [-0.2, -0.15) is 0 Å². The molecule has 8 heteroatoms. The summed E-state index contributed by atoms with van der Waals surface area (Å²) in [5.41, 5.74) is 0.422. The average Bonchev–Trinajstić information content (AvgIpc) is 2.44. The Morgan fingerprint density at radius 1 is 1.38 bits per heavy atom. The molecular weight excluding hydrogens is 280 g/mol. The van der Waals surface area contributed by atoms with Gasteiger partial charge >= 0.3 is 5.97 Å². The van der Waals surface area contributed by atoms with Crippen molar-refractivity contribution in [2.45, 2.75) is 6.92 Å². The normalized spacial score (nSPS) is 10.0. The lowest BCUT2D eigenvalue weighted by Gasteiger charge is -2.06. The zero-order valence-electron chi connectivity index (χ0n) is 11.8. The van der Waals surface area contributed by atoms with Gasteiger partial charge in [-0.1, -0.05) is 0 Å². The van der Waals surface area contributed by atoms with Gasteiger partial charge in [-0.15, -0.1) is 0 Å². The standard InChI is InChI=1S/C13H16N2O6/c1-9-7-10(3-4-11(9)15(18)19)13(17)21-8-12(16)14-5-6-20-2/h3-4,7H,5-6,8H2,1-2H3,(H,14,16). The van der Waals surface area contributed by atoms with Gasteiger partial charge in [0.25, 0.3) is 11.6 Å². The summed E-state index contributed by atoms with van der Waals surface area (Å²) in [4.78, 5) is 33.2. The van der Waals surface area contributed by atoms with Crippen LogP contribution >= 0.6 is 0 Å². The number of amides is 1. The number of nitro groups is 1. The fraction of sp³-hybridized carbons (Fsp3) is 0.385. The van der Waals surface area contributed by atoms with Crippen LogP contribution in [0.3, 0.4) is 0 Å². The smallest absolute Gasteiger partial charge is 0.338 e. The van der Waals surface area contributed by atoms with Crippen LogP contribution in [0.25, 0.3) is 0 Å². The van der Waals surface area contributed by atoms with E-state index in [4.69, 9.17) is 9.47 Å². The maximum atomic E-state index is 11.7. The molecule has 0 heterocycles. The SMILES string of the molecule is COCCNC(=O)COC(=O)c1ccc([N+](=O)[O-])c(C)c1. The fourth-order valence-corrected chi connectivity index (χ4v) is 1.55. The van der Waals surface area contributed by atoms with E-state index in [1.54, 1.807) is 0 Å². The number of rotatable bonds is 7. The quantitative estimate of drug-likeness (QED) is 0.345. The fourth-order valence-electron chi connectivity index (χ4n) is 1.55. The van der Waals surface area contributed by atoms with Crippen molar-refractivity contribution < 1.29 is 24.0 Å². The van der Waals surface area contributed by atoms with Crippen LogP contribution in [0.15, 0.2) is 18.2 Å². The first-order valence-corrected chi connectivity index (χ1v) is 6.13. The Morgan fingerprint density at radius 3 is 2.67 bits per heavy atom. The van der Waals surface area contributed by atoms with Crippen molar-refractivity contribution in [1.29, 1.82) is 0 Å². The number of methoxy groups -OCH3 is 1. The molecule has 1 aromatic rings. The summed E-state index contributed by atoms with van der Waals surface area (Å²) >= 11 is 0. The monoisotopic (exact) mass is 296 g/mol. The maximum absolute atomic E-state index is 11.7. The van der Waals surface area contributed by atoms with Crippen LogP contribution in [0.4, 0.5) is 5.69 Å². The van der Waals surface area contributed by atoms with Crippen molar-refractivity contribution in [3.63, 3.8) is 0 Å². The Kier molecular flexibility index (Phi) is 6.28. The van der Waals surface area contributed by atoms with E-state index in [1.165, 1.54) is 32.2 Å². The predicted octanol–water partition coefficient (Wildman–Crippen LogP) is 0.823. The number of esters is 1. The van der Waals surface area contributed by atoms with Crippen molar-refractivity contribution in [3.05, 3.63) is 39.4 Å². The highest BCUT2D eigenvalue weighted by atomic mass is 16.6. The first-order chi connectivity index (χ1) is 9.95. The molecule has 1 aromatic carbocycles. The third-order valence-electron chi connectivity index (χ3n) is 2.59. The molecule has 0 aromatic heterocycles. The Hall–Kier alpha value is -2.48. The van der Waals surface area contributed by atoms with Crippen molar-refractivity contribution in [2.75, 3.05) is 26.9 Å². The van der Waals surface area contributed by atoms with Crippen LogP contribution in [0, 0.1) is 17.0 Å². The maximum Gasteiger partial charge on any atom is 0.338 e. The largest absolute Gasteiger partial charge is 0.452 e. The molecule has 0 aliphatic heterocycles. The average molecular weight is 296 g/mol. The van der Waals surface area contributed by atoms with Gasteiger partial charge in [-0.05, 0) is 19.1 Å². The lowest BCUT2D eigenvalue weighted by molar-refractivity contribution is -0.385. The molecule has 1 N–H and O–H groups in total. The van der Waals surface area contributed by atoms with E-state index < -0.39 is 23.4 Å². The number of ether oxygens (including phenoxy) is 2. The van der Waals surface area contributed by atoms with E-state index in [2.05, 4.69) is 5.32 Å². The highest BCUT2D eigenvalue weighted by Gasteiger charge is 2.15. The Morgan fingerprint density at radius 2 is 2.10 bits per heavy atom. The minimum atomic E-state index is -0.713. The molecule has 0 aliphatic rings. The molecule has 0 fully saturated rings. The Bertz CT molecular complexity index is 543. The van der Waals surface area contributed by atoms with E-state index in [0.717, 1.165) is 0 Å². The minimum Gasteiger partial charge on any atom is -0.452 e. The van der Waals surface area contributed by atoms with E-state index in [9.17, 15) is 19.7 Å². The zero-order chi connectivity index (χ0) is 15.8. The van der Waals surface area contributed by atoms with Gasteiger partial charge in [-0.25, -0.2) is 4.79 Å². The molecule has 0 bridgehead atoms. The Balaban J connectivity index is 2.54. The summed E-state index contributed by atoms with van der Waals surface area (Å²) in [6, 6.07) is 3.87. The number of benzene rings is 1. The van der Waals surface area contributed by atoms with Crippen molar-refractivity contribution in [2.24, 2.45) is 0 Å². The number of aryl methyl sites for hydroxylation is 1. The first kappa shape index (κ1) is 16.6. The highest BCUT2D eigenvalue weighted by molar-refractivity contribution is 5.91.